The van der Waals surface area contributed by atoms with Crippen molar-refractivity contribution in [2.45, 2.75) is 19.8 Å². The van der Waals surface area contributed by atoms with Crippen LogP contribution in [0.5, 0.6) is 0 Å². The van der Waals surface area contributed by atoms with E-state index < -0.39 is 7.92 Å². The average molecular weight is 526 g/mol. The maximum atomic E-state index is 6.35. The Bertz CT molecular complexity index is 639. The molecule has 0 heterocycles. The third-order valence-electron chi connectivity index (χ3n) is 3.42. The fourth-order valence-corrected chi connectivity index (χ4v) is 4.61. The Kier molecular flexibility index (Phi) is 10.9. The summed E-state index contributed by atoms with van der Waals surface area (Å²) < 4.78 is 0. The minimum Gasteiger partial charge on any atom is -0.694 e. The van der Waals surface area contributed by atoms with Crippen molar-refractivity contribution in [2.24, 2.45) is 0 Å². The first kappa shape index (κ1) is 21.4. The van der Waals surface area contributed by atoms with E-state index in [-0.39, 0.29) is 22.4 Å². The van der Waals surface area contributed by atoms with E-state index in [4.69, 9.17) is 6.42 Å². The molecule has 0 radical (unpaired) electrons. The largest absolute Gasteiger partial charge is 1.00 e. The quantitative estimate of drug-likeness (QED) is 0.198. The van der Waals surface area contributed by atoms with Gasteiger partial charge >= 0.3 is 22.4 Å². The van der Waals surface area contributed by atoms with Crippen molar-refractivity contribution in [3.05, 3.63) is 97.4 Å². The minimum atomic E-state index is -0.446. The van der Waals surface area contributed by atoms with Gasteiger partial charge in [0.1, 0.15) is 0 Å². The van der Waals surface area contributed by atoms with Gasteiger partial charge < -0.3 is 12.3 Å². The van der Waals surface area contributed by atoms with E-state index in [0.717, 1.165) is 12.8 Å². The summed E-state index contributed by atoms with van der Waals surface area (Å²) in [6.07, 6.45) is 8.20. The standard InChI is InChI=1S/C18H15P.C5H7.Au/c1-4-10-16(11-5-1)19(17-12-6-2-7-13-17)18-14-8-3-9-15-18;1-3-5-4-2;/h1-15H;3,5H2,1H3;/q;-1;+1. The van der Waals surface area contributed by atoms with Gasteiger partial charge in [0.15, 0.2) is 0 Å². The molecule has 0 atom stereocenters. The van der Waals surface area contributed by atoms with Crippen molar-refractivity contribution in [1.82, 2.24) is 0 Å². The smallest absolute Gasteiger partial charge is 0.694 e. The van der Waals surface area contributed by atoms with Crippen molar-refractivity contribution in [1.29, 1.82) is 0 Å². The Morgan fingerprint density at radius 3 is 1.20 bits per heavy atom. The van der Waals surface area contributed by atoms with Crippen molar-refractivity contribution < 1.29 is 22.4 Å². The van der Waals surface area contributed by atoms with Gasteiger partial charge in [-0.25, -0.2) is 0 Å². The molecule has 0 saturated carbocycles. The minimum absolute atomic E-state index is 0. The molecule has 3 aromatic carbocycles. The molecular formula is C23H22AuP. The number of benzene rings is 3. The first-order valence-electron chi connectivity index (χ1n) is 8.21. The van der Waals surface area contributed by atoms with Crippen molar-refractivity contribution in [3.63, 3.8) is 0 Å². The Labute approximate surface area is 169 Å². The molecule has 0 aliphatic carbocycles. The second-order valence-electron chi connectivity index (χ2n) is 5.27. The van der Waals surface area contributed by atoms with Gasteiger partial charge in [-0.05, 0) is 36.7 Å². The summed E-state index contributed by atoms with van der Waals surface area (Å²) in [4.78, 5) is 0. The number of hydrogen-bond donors (Lipinski definition) is 0. The first-order valence-corrected chi connectivity index (χ1v) is 9.56. The molecule has 3 aromatic rings. The second kappa shape index (κ2) is 12.7. The van der Waals surface area contributed by atoms with E-state index >= 15 is 0 Å². The van der Waals surface area contributed by atoms with Gasteiger partial charge in [-0.1, -0.05) is 97.9 Å². The Balaban J connectivity index is 0.000000462. The summed E-state index contributed by atoms with van der Waals surface area (Å²) in [5.41, 5.74) is 0. The summed E-state index contributed by atoms with van der Waals surface area (Å²) >= 11 is 0. The normalized spacial score (nSPS) is 9.32. The van der Waals surface area contributed by atoms with Crippen LogP contribution < -0.4 is 15.9 Å². The maximum absolute atomic E-state index is 6.35. The summed E-state index contributed by atoms with van der Waals surface area (Å²) in [6.45, 7) is 2.03. The van der Waals surface area contributed by atoms with Crippen molar-refractivity contribution >= 4 is 23.8 Å². The molecule has 0 amide bonds. The van der Waals surface area contributed by atoms with Crippen LogP contribution in [-0.2, 0) is 22.4 Å². The van der Waals surface area contributed by atoms with Crippen LogP contribution in [0.25, 0.3) is 0 Å². The molecule has 0 N–H and O–H groups in total. The summed E-state index contributed by atoms with van der Waals surface area (Å²) in [7, 11) is -0.446. The first-order chi connectivity index (χ1) is 11.9. The van der Waals surface area contributed by atoms with Crippen LogP contribution >= 0.6 is 7.92 Å². The molecule has 0 aliphatic heterocycles. The number of unbranched alkanes of at least 4 members (excludes halogenated alkanes) is 1. The van der Waals surface area contributed by atoms with Crippen LogP contribution in [0.3, 0.4) is 0 Å². The Hall–Kier alpha value is -1.61. The molecule has 0 aromatic heterocycles. The monoisotopic (exact) mass is 526 g/mol. The Morgan fingerprint density at radius 2 is 1.00 bits per heavy atom. The summed E-state index contributed by atoms with van der Waals surface area (Å²) in [5, 5.41) is 4.19. The van der Waals surface area contributed by atoms with Crippen LogP contribution in [0.1, 0.15) is 19.8 Å². The zero-order valence-corrected chi connectivity index (χ0v) is 17.4. The number of rotatable bonds is 4. The Morgan fingerprint density at radius 1 is 0.680 bits per heavy atom. The predicted octanol–water partition coefficient (Wildman–Crippen LogP) is 4.82. The molecule has 3 rings (SSSR count). The van der Waals surface area contributed by atoms with Gasteiger partial charge in [-0.3, -0.25) is 0 Å². The van der Waals surface area contributed by atoms with Crippen molar-refractivity contribution in [3.8, 4) is 5.92 Å². The van der Waals surface area contributed by atoms with Crippen LogP contribution in [0.15, 0.2) is 91.0 Å². The molecule has 0 bridgehead atoms. The zero-order chi connectivity index (χ0) is 17.0. The van der Waals surface area contributed by atoms with Gasteiger partial charge in [-0.15, -0.1) is 0 Å². The van der Waals surface area contributed by atoms with Crippen LogP contribution in [0.4, 0.5) is 0 Å². The summed E-state index contributed by atoms with van der Waals surface area (Å²) in [6, 6.07) is 32.3. The fraction of sp³-hybridized carbons (Fsp3) is 0.130. The molecule has 0 nitrogen and oxygen atoms in total. The molecule has 0 spiro atoms. The molecule has 0 unspecified atom stereocenters. The third kappa shape index (κ3) is 7.03. The molecule has 0 aliphatic rings. The van der Waals surface area contributed by atoms with E-state index in [1.807, 2.05) is 6.92 Å². The SMILES string of the molecule is [Au+].[C-]#CCCC.c1ccc(P(c2ccccc2)c2ccccc2)cc1. The van der Waals surface area contributed by atoms with E-state index in [1.54, 1.807) is 0 Å². The van der Waals surface area contributed by atoms with E-state index in [9.17, 15) is 0 Å². The van der Waals surface area contributed by atoms with Crippen LogP contribution in [0, 0.1) is 12.3 Å². The van der Waals surface area contributed by atoms with E-state index in [0.29, 0.717) is 0 Å². The van der Waals surface area contributed by atoms with Crippen molar-refractivity contribution in [2.75, 3.05) is 0 Å². The van der Waals surface area contributed by atoms with E-state index in [2.05, 4.69) is 96.9 Å². The molecular weight excluding hydrogens is 504 g/mol. The molecule has 130 valence electrons. The van der Waals surface area contributed by atoms with Crippen LogP contribution in [0.2, 0.25) is 0 Å². The average Bonchev–Trinajstić information content (AvgIpc) is 2.66. The molecule has 2 heteroatoms. The third-order valence-corrected chi connectivity index (χ3v) is 5.86. The fourth-order valence-electron chi connectivity index (χ4n) is 2.30. The van der Waals surface area contributed by atoms with Gasteiger partial charge in [0, 0.05) is 0 Å². The van der Waals surface area contributed by atoms with E-state index in [1.165, 1.54) is 15.9 Å². The predicted molar refractivity (Wildman–Crippen MR) is 107 cm³/mol. The second-order valence-corrected chi connectivity index (χ2v) is 7.49. The zero-order valence-electron chi connectivity index (χ0n) is 14.3. The molecule has 0 saturated heterocycles. The van der Waals surface area contributed by atoms with Gasteiger partial charge in [-0.2, -0.15) is 0 Å². The van der Waals surface area contributed by atoms with Gasteiger partial charge in [0.2, 0.25) is 0 Å². The summed E-state index contributed by atoms with van der Waals surface area (Å²) in [5.74, 6) is 2.27. The maximum Gasteiger partial charge on any atom is 1.00 e. The molecule has 25 heavy (non-hydrogen) atoms. The van der Waals surface area contributed by atoms with Gasteiger partial charge in [0.25, 0.3) is 0 Å². The van der Waals surface area contributed by atoms with Crippen LogP contribution in [-0.4, -0.2) is 0 Å². The topological polar surface area (TPSA) is 0 Å². The number of hydrogen-bond acceptors (Lipinski definition) is 0. The molecule has 0 fully saturated rings. The van der Waals surface area contributed by atoms with Gasteiger partial charge in [0.05, 0.1) is 0 Å².